The number of rotatable bonds is 2. The van der Waals surface area contributed by atoms with Gasteiger partial charge in [0.2, 0.25) is 0 Å². The lowest BCUT2D eigenvalue weighted by atomic mass is 10.0. The summed E-state index contributed by atoms with van der Waals surface area (Å²) in [5.41, 5.74) is 0.784. The van der Waals surface area contributed by atoms with E-state index in [9.17, 15) is 4.39 Å². The summed E-state index contributed by atoms with van der Waals surface area (Å²) in [5.74, 6) is 0.665. The van der Waals surface area contributed by atoms with Crippen molar-refractivity contribution in [1.29, 1.82) is 0 Å². The van der Waals surface area contributed by atoms with E-state index in [4.69, 9.17) is 0 Å². The Balaban J connectivity index is 2.05. The number of nitrogens with zero attached hydrogens (tertiary/aromatic N) is 1. The molecule has 1 nitrogen and oxygen atoms in total. The Bertz CT molecular complexity index is 334. The first-order chi connectivity index (χ1) is 6.65. The van der Waals surface area contributed by atoms with Crippen LogP contribution in [0.3, 0.4) is 0 Å². The smallest absolute Gasteiger partial charge is 0.127 e. The third kappa shape index (κ3) is 2.15. The maximum atomic E-state index is 13.3. The van der Waals surface area contributed by atoms with Crippen molar-refractivity contribution in [2.24, 2.45) is 5.92 Å². The van der Waals surface area contributed by atoms with Gasteiger partial charge in [0, 0.05) is 29.7 Å². The van der Waals surface area contributed by atoms with Crippen LogP contribution >= 0.6 is 15.9 Å². The summed E-state index contributed by atoms with van der Waals surface area (Å²) >= 11 is 3.35. The number of hydrogen-bond acceptors (Lipinski definition) is 1. The minimum absolute atomic E-state index is 0.104. The summed E-state index contributed by atoms with van der Waals surface area (Å²) in [5, 5.41) is 0. The molecule has 0 aliphatic carbocycles. The Morgan fingerprint density at radius 1 is 1.50 bits per heavy atom. The highest BCUT2D eigenvalue weighted by molar-refractivity contribution is 9.10. The van der Waals surface area contributed by atoms with Gasteiger partial charge in [-0.3, -0.25) is 4.90 Å². The summed E-state index contributed by atoms with van der Waals surface area (Å²) in [6, 6.07) is 5.11. The standard InChI is InChI=1S/C11H13BrFN/c1-8-5-14(6-8)7-9-4-10(12)2-3-11(9)13/h2-4,8H,5-7H2,1H3. The van der Waals surface area contributed by atoms with Crippen molar-refractivity contribution in [3.05, 3.63) is 34.1 Å². The summed E-state index contributed by atoms with van der Waals surface area (Å²) in [4.78, 5) is 2.26. The van der Waals surface area contributed by atoms with Gasteiger partial charge in [-0.2, -0.15) is 0 Å². The van der Waals surface area contributed by atoms with Gasteiger partial charge in [-0.05, 0) is 24.1 Å². The van der Waals surface area contributed by atoms with E-state index < -0.39 is 0 Å². The first kappa shape index (κ1) is 10.1. The summed E-state index contributed by atoms with van der Waals surface area (Å²) < 4.78 is 14.3. The van der Waals surface area contributed by atoms with Gasteiger partial charge in [0.1, 0.15) is 5.82 Å². The van der Waals surface area contributed by atoms with Crippen LogP contribution in [0.1, 0.15) is 12.5 Å². The first-order valence-electron chi connectivity index (χ1n) is 4.81. The molecule has 0 saturated carbocycles. The van der Waals surface area contributed by atoms with Gasteiger partial charge >= 0.3 is 0 Å². The van der Waals surface area contributed by atoms with Crippen molar-refractivity contribution < 1.29 is 4.39 Å². The molecule has 1 aliphatic heterocycles. The summed E-state index contributed by atoms with van der Waals surface area (Å²) in [6.45, 7) is 5.13. The van der Waals surface area contributed by atoms with E-state index in [0.29, 0.717) is 0 Å². The van der Waals surface area contributed by atoms with E-state index >= 15 is 0 Å². The van der Waals surface area contributed by atoms with E-state index in [1.807, 2.05) is 6.07 Å². The van der Waals surface area contributed by atoms with Gasteiger partial charge in [-0.25, -0.2) is 4.39 Å². The molecule has 0 atom stereocenters. The average molecular weight is 258 g/mol. The normalized spacial score (nSPS) is 18.2. The maximum Gasteiger partial charge on any atom is 0.127 e. The Morgan fingerprint density at radius 3 is 2.86 bits per heavy atom. The third-order valence-electron chi connectivity index (χ3n) is 2.54. The molecule has 1 aromatic rings. The molecule has 2 rings (SSSR count). The van der Waals surface area contributed by atoms with Crippen molar-refractivity contribution in [3.8, 4) is 0 Å². The van der Waals surface area contributed by atoms with Crippen molar-refractivity contribution in [2.45, 2.75) is 13.5 Å². The monoisotopic (exact) mass is 257 g/mol. The van der Waals surface area contributed by atoms with E-state index in [-0.39, 0.29) is 5.82 Å². The van der Waals surface area contributed by atoms with Crippen LogP contribution in [0.4, 0.5) is 4.39 Å². The lowest BCUT2D eigenvalue weighted by Crippen LogP contribution is -2.44. The molecule has 0 aromatic heterocycles. The summed E-state index contributed by atoms with van der Waals surface area (Å²) in [6.07, 6.45) is 0. The van der Waals surface area contributed by atoms with Gasteiger partial charge < -0.3 is 0 Å². The molecule has 1 saturated heterocycles. The molecular weight excluding hydrogens is 245 g/mol. The topological polar surface area (TPSA) is 3.24 Å². The molecule has 1 aromatic carbocycles. The number of benzene rings is 1. The Hall–Kier alpha value is -0.410. The molecule has 3 heteroatoms. The molecule has 1 fully saturated rings. The fourth-order valence-corrected chi connectivity index (χ4v) is 2.27. The molecule has 1 heterocycles. The van der Waals surface area contributed by atoms with Gasteiger partial charge in [0.25, 0.3) is 0 Å². The second kappa shape index (κ2) is 3.99. The van der Waals surface area contributed by atoms with Crippen LogP contribution in [0.15, 0.2) is 22.7 Å². The van der Waals surface area contributed by atoms with Crippen LogP contribution in [-0.2, 0) is 6.54 Å². The second-order valence-electron chi connectivity index (χ2n) is 4.03. The Morgan fingerprint density at radius 2 is 2.21 bits per heavy atom. The van der Waals surface area contributed by atoms with Gasteiger partial charge in [-0.15, -0.1) is 0 Å². The van der Waals surface area contributed by atoms with Gasteiger partial charge in [-0.1, -0.05) is 22.9 Å². The largest absolute Gasteiger partial charge is 0.298 e. The highest BCUT2D eigenvalue weighted by Gasteiger charge is 2.22. The van der Waals surface area contributed by atoms with Gasteiger partial charge in [0.05, 0.1) is 0 Å². The van der Waals surface area contributed by atoms with Crippen LogP contribution in [0.25, 0.3) is 0 Å². The quantitative estimate of drug-likeness (QED) is 0.788. The second-order valence-corrected chi connectivity index (χ2v) is 4.95. The molecule has 0 bridgehead atoms. The molecular formula is C11H13BrFN. The first-order valence-corrected chi connectivity index (χ1v) is 5.61. The minimum Gasteiger partial charge on any atom is -0.298 e. The van der Waals surface area contributed by atoms with Crippen LogP contribution in [0.5, 0.6) is 0 Å². The fourth-order valence-electron chi connectivity index (χ4n) is 1.86. The molecule has 0 radical (unpaired) electrons. The zero-order chi connectivity index (χ0) is 10.1. The zero-order valence-corrected chi connectivity index (χ0v) is 9.72. The molecule has 14 heavy (non-hydrogen) atoms. The summed E-state index contributed by atoms with van der Waals surface area (Å²) in [7, 11) is 0. The molecule has 76 valence electrons. The molecule has 0 amide bonds. The Kier molecular flexibility index (Phi) is 2.88. The predicted octanol–water partition coefficient (Wildman–Crippen LogP) is 3.04. The van der Waals surface area contributed by atoms with Crippen LogP contribution in [0.2, 0.25) is 0 Å². The SMILES string of the molecule is CC1CN(Cc2cc(Br)ccc2F)C1. The number of likely N-dealkylation sites (tertiary alicyclic amines) is 1. The number of halogens is 2. The molecule has 0 unspecified atom stereocenters. The van der Waals surface area contributed by atoms with Crippen LogP contribution in [0, 0.1) is 11.7 Å². The fraction of sp³-hybridized carbons (Fsp3) is 0.455. The van der Waals surface area contributed by atoms with Gasteiger partial charge in [0.15, 0.2) is 0 Å². The van der Waals surface area contributed by atoms with E-state index in [0.717, 1.165) is 35.6 Å². The average Bonchev–Trinajstić information content (AvgIpc) is 2.09. The van der Waals surface area contributed by atoms with Crippen LogP contribution in [-0.4, -0.2) is 18.0 Å². The Labute approximate surface area is 92.0 Å². The molecule has 0 spiro atoms. The lowest BCUT2D eigenvalue weighted by molar-refractivity contribution is 0.103. The van der Waals surface area contributed by atoms with E-state index in [1.54, 1.807) is 6.07 Å². The number of hydrogen-bond donors (Lipinski definition) is 0. The van der Waals surface area contributed by atoms with Crippen molar-refractivity contribution in [2.75, 3.05) is 13.1 Å². The minimum atomic E-state index is -0.104. The highest BCUT2D eigenvalue weighted by atomic mass is 79.9. The van der Waals surface area contributed by atoms with E-state index in [1.165, 1.54) is 6.07 Å². The third-order valence-corrected chi connectivity index (χ3v) is 3.03. The zero-order valence-electron chi connectivity index (χ0n) is 8.13. The lowest BCUT2D eigenvalue weighted by Gasteiger charge is -2.37. The van der Waals surface area contributed by atoms with E-state index in [2.05, 4.69) is 27.8 Å². The predicted molar refractivity (Wildman–Crippen MR) is 58.5 cm³/mol. The molecule has 0 N–H and O–H groups in total. The van der Waals surface area contributed by atoms with Crippen LogP contribution < -0.4 is 0 Å². The van der Waals surface area contributed by atoms with Crippen molar-refractivity contribution in [3.63, 3.8) is 0 Å². The molecule has 1 aliphatic rings. The van der Waals surface area contributed by atoms with Crippen molar-refractivity contribution in [1.82, 2.24) is 4.90 Å². The maximum absolute atomic E-state index is 13.3. The highest BCUT2D eigenvalue weighted by Crippen LogP contribution is 2.21. The van der Waals surface area contributed by atoms with Crippen molar-refractivity contribution >= 4 is 15.9 Å².